The molecule has 1 atom stereocenters. The third-order valence-corrected chi connectivity index (χ3v) is 3.37. The molecule has 0 aliphatic carbocycles. The number of carbonyl (C=O) groups excluding carboxylic acids is 1. The largest absolute Gasteiger partial charge is 0.497 e. The van der Waals surface area contributed by atoms with Crippen molar-refractivity contribution in [3.63, 3.8) is 0 Å². The van der Waals surface area contributed by atoms with Gasteiger partial charge in [0.15, 0.2) is 6.04 Å². The van der Waals surface area contributed by atoms with Crippen molar-refractivity contribution < 1.29 is 24.2 Å². The van der Waals surface area contributed by atoms with Gasteiger partial charge in [-0.1, -0.05) is 6.07 Å². The molecule has 1 aromatic rings. The Labute approximate surface area is 121 Å². The maximum atomic E-state index is 11.7. The molecule has 110 valence electrons. The molecule has 20 heavy (non-hydrogen) atoms. The van der Waals surface area contributed by atoms with Gasteiger partial charge in [0, 0.05) is 12.0 Å². The zero-order valence-corrected chi connectivity index (χ0v) is 12.1. The van der Waals surface area contributed by atoms with E-state index in [1.165, 1.54) is 18.9 Å². The van der Waals surface area contributed by atoms with Gasteiger partial charge < -0.3 is 19.9 Å². The normalized spacial score (nSPS) is 11.7. The van der Waals surface area contributed by atoms with Crippen LogP contribution in [0.15, 0.2) is 29.2 Å². The Balaban J connectivity index is 2.47. The van der Waals surface area contributed by atoms with Crippen LogP contribution in [-0.4, -0.2) is 49.6 Å². The summed E-state index contributed by atoms with van der Waals surface area (Å²) in [5.41, 5.74) is 0. The molecule has 1 amide bonds. The minimum absolute atomic E-state index is 0.0646. The molecule has 0 aliphatic heterocycles. The van der Waals surface area contributed by atoms with Crippen LogP contribution in [0.1, 0.15) is 0 Å². The number of hydrogen-bond acceptors (Lipinski definition) is 5. The smallest absolute Gasteiger partial charge is 0.328 e. The topological polar surface area (TPSA) is 84.9 Å². The molecule has 0 radical (unpaired) electrons. The van der Waals surface area contributed by atoms with Crippen LogP contribution in [0.2, 0.25) is 0 Å². The highest BCUT2D eigenvalue weighted by Crippen LogP contribution is 2.22. The number of thioether (sulfide) groups is 1. The van der Waals surface area contributed by atoms with Crippen LogP contribution < -0.4 is 10.1 Å². The molecule has 0 saturated carbocycles. The first-order valence-electron chi connectivity index (χ1n) is 5.84. The number of ether oxygens (including phenoxy) is 2. The van der Waals surface area contributed by atoms with E-state index in [9.17, 15) is 9.59 Å². The van der Waals surface area contributed by atoms with Crippen molar-refractivity contribution in [2.45, 2.75) is 10.9 Å². The first kappa shape index (κ1) is 16.3. The first-order chi connectivity index (χ1) is 9.56. The minimum Gasteiger partial charge on any atom is -0.497 e. The van der Waals surface area contributed by atoms with Crippen molar-refractivity contribution in [3.8, 4) is 5.75 Å². The van der Waals surface area contributed by atoms with Crippen molar-refractivity contribution in [1.82, 2.24) is 5.32 Å². The van der Waals surface area contributed by atoms with E-state index in [2.05, 4.69) is 5.32 Å². The summed E-state index contributed by atoms with van der Waals surface area (Å²) in [5, 5.41) is 11.3. The van der Waals surface area contributed by atoms with Gasteiger partial charge in [-0.15, -0.1) is 11.8 Å². The summed E-state index contributed by atoms with van der Waals surface area (Å²) in [4.78, 5) is 23.4. The fourth-order valence-corrected chi connectivity index (χ4v) is 2.17. The molecule has 1 aromatic carbocycles. The van der Waals surface area contributed by atoms with Gasteiger partial charge in [0.1, 0.15) is 5.75 Å². The van der Waals surface area contributed by atoms with Crippen LogP contribution >= 0.6 is 11.8 Å². The van der Waals surface area contributed by atoms with Gasteiger partial charge in [-0.2, -0.15) is 0 Å². The number of carboxylic acids is 1. The number of rotatable bonds is 8. The molecule has 0 bridgehead atoms. The van der Waals surface area contributed by atoms with E-state index in [4.69, 9.17) is 14.6 Å². The highest BCUT2D eigenvalue weighted by atomic mass is 32.2. The van der Waals surface area contributed by atoms with Gasteiger partial charge in [-0.25, -0.2) is 4.79 Å². The van der Waals surface area contributed by atoms with Crippen molar-refractivity contribution >= 4 is 23.6 Å². The number of methoxy groups -OCH3 is 2. The molecule has 0 aromatic heterocycles. The average Bonchev–Trinajstić information content (AvgIpc) is 2.44. The van der Waals surface area contributed by atoms with Crippen molar-refractivity contribution in [3.05, 3.63) is 24.3 Å². The van der Waals surface area contributed by atoms with E-state index in [0.717, 1.165) is 4.90 Å². The van der Waals surface area contributed by atoms with Crippen LogP contribution in [0.25, 0.3) is 0 Å². The fourth-order valence-electron chi connectivity index (χ4n) is 1.42. The third kappa shape index (κ3) is 5.50. The van der Waals surface area contributed by atoms with Crippen LogP contribution in [0, 0.1) is 0 Å². The highest BCUT2D eigenvalue weighted by molar-refractivity contribution is 8.00. The lowest BCUT2D eigenvalue weighted by atomic mass is 10.3. The molecule has 7 heteroatoms. The average molecular weight is 299 g/mol. The summed E-state index contributed by atoms with van der Waals surface area (Å²) in [7, 11) is 2.95. The lowest BCUT2D eigenvalue weighted by Gasteiger charge is -2.13. The lowest BCUT2D eigenvalue weighted by Crippen LogP contribution is -2.44. The molecule has 0 heterocycles. The second-order valence-electron chi connectivity index (χ2n) is 3.88. The molecular formula is C13H17NO5S. The van der Waals surface area contributed by atoms with Gasteiger partial charge in [-0.05, 0) is 18.2 Å². The molecule has 6 nitrogen and oxygen atoms in total. The Bertz CT molecular complexity index is 466. The van der Waals surface area contributed by atoms with Gasteiger partial charge >= 0.3 is 5.97 Å². The van der Waals surface area contributed by atoms with Crippen molar-refractivity contribution in [2.75, 3.05) is 26.6 Å². The maximum Gasteiger partial charge on any atom is 0.328 e. The minimum atomic E-state index is -1.12. The second-order valence-corrected chi connectivity index (χ2v) is 4.93. The zero-order chi connectivity index (χ0) is 15.0. The predicted octanol–water partition coefficient (Wildman–Crippen LogP) is 1.00. The molecule has 2 N–H and O–H groups in total. The second kappa shape index (κ2) is 8.44. The van der Waals surface area contributed by atoms with Crippen LogP contribution in [-0.2, 0) is 14.3 Å². The number of carboxylic acid groups (broad SMARTS) is 1. The number of carbonyl (C=O) groups is 2. The van der Waals surface area contributed by atoms with E-state index in [0.29, 0.717) is 5.75 Å². The Morgan fingerprint density at radius 1 is 1.40 bits per heavy atom. The molecular weight excluding hydrogens is 282 g/mol. The van der Waals surface area contributed by atoms with E-state index >= 15 is 0 Å². The van der Waals surface area contributed by atoms with Crippen LogP contribution in [0.5, 0.6) is 5.75 Å². The van der Waals surface area contributed by atoms with Crippen molar-refractivity contribution in [2.24, 2.45) is 0 Å². The van der Waals surface area contributed by atoms with E-state index < -0.39 is 12.0 Å². The standard InChI is InChI=1S/C13H17NO5S/c1-18-7-11(13(16)17)14-12(15)8-20-10-5-3-4-9(6-10)19-2/h3-6,11H,7-8H2,1-2H3,(H,14,15)(H,16,17). The molecule has 0 spiro atoms. The number of benzene rings is 1. The zero-order valence-electron chi connectivity index (χ0n) is 11.3. The molecule has 0 aliphatic rings. The van der Waals surface area contributed by atoms with Crippen LogP contribution in [0.3, 0.4) is 0 Å². The van der Waals surface area contributed by atoms with Crippen LogP contribution in [0.4, 0.5) is 0 Å². The van der Waals surface area contributed by atoms with E-state index in [1.54, 1.807) is 7.11 Å². The number of nitrogens with one attached hydrogen (secondary N) is 1. The summed E-state index contributed by atoms with van der Waals surface area (Å²) >= 11 is 1.30. The number of amides is 1. The monoisotopic (exact) mass is 299 g/mol. The summed E-state index contributed by atoms with van der Waals surface area (Å²) in [6.45, 7) is -0.0646. The van der Waals surface area contributed by atoms with Gasteiger partial charge in [-0.3, -0.25) is 4.79 Å². The molecule has 1 unspecified atom stereocenters. The van der Waals surface area contributed by atoms with Crippen molar-refractivity contribution in [1.29, 1.82) is 0 Å². The summed E-state index contributed by atoms with van der Waals surface area (Å²) in [5.74, 6) is -0.646. The fraction of sp³-hybridized carbons (Fsp3) is 0.385. The third-order valence-electron chi connectivity index (χ3n) is 2.38. The van der Waals surface area contributed by atoms with Gasteiger partial charge in [0.05, 0.1) is 19.5 Å². The predicted molar refractivity (Wildman–Crippen MR) is 75.2 cm³/mol. The van der Waals surface area contributed by atoms with Gasteiger partial charge in [0.25, 0.3) is 0 Å². The van der Waals surface area contributed by atoms with Gasteiger partial charge in [0.2, 0.25) is 5.91 Å². The molecule has 0 fully saturated rings. The first-order valence-corrected chi connectivity index (χ1v) is 6.83. The Hall–Kier alpha value is -1.73. The lowest BCUT2D eigenvalue weighted by molar-refractivity contribution is -0.142. The van der Waals surface area contributed by atoms with E-state index in [1.807, 2.05) is 24.3 Å². The summed E-state index contributed by atoms with van der Waals surface area (Å²) < 4.78 is 9.82. The Morgan fingerprint density at radius 3 is 2.75 bits per heavy atom. The summed E-state index contributed by atoms with van der Waals surface area (Å²) in [6.07, 6.45) is 0. The SMILES string of the molecule is COCC(NC(=O)CSc1cccc(OC)c1)C(=O)O. The molecule has 1 rings (SSSR count). The quantitative estimate of drug-likeness (QED) is 0.697. The number of aliphatic carboxylic acids is 1. The number of hydrogen-bond donors (Lipinski definition) is 2. The molecule has 0 saturated heterocycles. The Morgan fingerprint density at radius 2 is 2.15 bits per heavy atom. The maximum absolute atomic E-state index is 11.7. The van der Waals surface area contributed by atoms with E-state index in [-0.39, 0.29) is 18.3 Å². The summed E-state index contributed by atoms with van der Waals surface area (Å²) in [6, 6.07) is 6.26. The Kier molecular flexibility index (Phi) is 6.89. The highest BCUT2D eigenvalue weighted by Gasteiger charge is 2.19.